The second kappa shape index (κ2) is 4.18. The molecule has 0 aromatic carbocycles. The molecule has 1 saturated heterocycles. The van der Waals surface area contributed by atoms with Crippen LogP contribution in [0.4, 0.5) is 0 Å². The molecule has 15 heavy (non-hydrogen) atoms. The van der Waals surface area contributed by atoms with Crippen LogP contribution in [0.3, 0.4) is 0 Å². The minimum absolute atomic E-state index is 0.139. The van der Waals surface area contributed by atoms with E-state index in [9.17, 15) is 9.59 Å². The Balaban J connectivity index is 2.58. The van der Waals surface area contributed by atoms with E-state index in [-0.39, 0.29) is 17.4 Å². The smallest absolute Gasteiger partial charge is 0.240 e. The van der Waals surface area contributed by atoms with Gasteiger partial charge >= 0.3 is 0 Å². The summed E-state index contributed by atoms with van der Waals surface area (Å²) < 4.78 is 0. The van der Waals surface area contributed by atoms with E-state index in [0.717, 1.165) is 13.0 Å². The average Bonchev–Trinajstić information content (AvgIpc) is 1.93. The monoisotopic (exact) mass is 213 g/mol. The van der Waals surface area contributed by atoms with Crippen molar-refractivity contribution in [2.24, 2.45) is 11.1 Å². The number of hydrogen-bond donors (Lipinski definition) is 3. The lowest BCUT2D eigenvalue weighted by Gasteiger charge is -2.33. The Labute approximate surface area is 89.8 Å². The Morgan fingerprint density at radius 2 is 2.00 bits per heavy atom. The molecular weight excluding hydrogens is 194 g/mol. The SMILES string of the molecule is CC(C)(C)[C@H](NC(=O)[C@H]1CCN1)C(N)=O. The molecule has 0 bridgehead atoms. The van der Waals surface area contributed by atoms with Crippen LogP contribution in [0.5, 0.6) is 0 Å². The number of carbonyl (C=O) groups excluding carboxylic acids is 2. The number of nitrogens with one attached hydrogen (secondary N) is 2. The fourth-order valence-electron chi connectivity index (χ4n) is 1.47. The van der Waals surface area contributed by atoms with E-state index in [4.69, 9.17) is 5.73 Å². The molecule has 1 fully saturated rings. The molecule has 1 heterocycles. The van der Waals surface area contributed by atoms with Crippen LogP contribution in [-0.4, -0.2) is 30.4 Å². The Kier molecular flexibility index (Phi) is 3.34. The maximum Gasteiger partial charge on any atom is 0.240 e. The molecular formula is C10H19N3O2. The summed E-state index contributed by atoms with van der Waals surface area (Å²) in [6.07, 6.45) is 0.821. The highest BCUT2D eigenvalue weighted by Crippen LogP contribution is 2.19. The predicted octanol–water partition coefficient (Wildman–Crippen LogP) is -0.635. The summed E-state index contributed by atoms with van der Waals surface area (Å²) in [6.45, 7) is 6.47. The molecule has 1 aliphatic rings. The summed E-state index contributed by atoms with van der Waals surface area (Å²) in [4.78, 5) is 22.8. The summed E-state index contributed by atoms with van der Waals surface area (Å²) in [6, 6.07) is -0.776. The predicted molar refractivity (Wildman–Crippen MR) is 57.0 cm³/mol. The number of nitrogens with two attached hydrogens (primary N) is 1. The summed E-state index contributed by atoms with van der Waals surface area (Å²) in [5.41, 5.74) is 4.90. The van der Waals surface area contributed by atoms with E-state index in [1.54, 1.807) is 0 Å². The van der Waals surface area contributed by atoms with E-state index < -0.39 is 11.9 Å². The van der Waals surface area contributed by atoms with Gasteiger partial charge in [-0.15, -0.1) is 0 Å². The average molecular weight is 213 g/mol. The Morgan fingerprint density at radius 1 is 1.47 bits per heavy atom. The van der Waals surface area contributed by atoms with Crippen molar-refractivity contribution in [1.29, 1.82) is 0 Å². The highest BCUT2D eigenvalue weighted by atomic mass is 16.2. The molecule has 0 aliphatic carbocycles. The molecule has 5 nitrogen and oxygen atoms in total. The molecule has 4 N–H and O–H groups in total. The molecule has 0 saturated carbocycles. The van der Waals surface area contributed by atoms with Crippen molar-refractivity contribution in [3.63, 3.8) is 0 Å². The van der Waals surface area contributed by atoms with Gasteiger partial charge in [0.05, 0.1) is 6.04 Å². The summed E-state index contributed by atoms with van der Waals surface area (Å²) in [5.74, 6) is -0.629. The van der Waals surface area contributed by atoms with Crippen molar-refractivity contribution < 1.29 is 9.59 Å². The number of amides is 2. The normalized spacial score (nSPS) is 22.7. The molecule has 2 amide bonds. The van der Waals surface area contributed by atoms with Gasteiger partial charge in [-0.3, -0.25) is 9.59 Å². The summed E-state index contributed by atoms with van der Waals surface area (Å²) in [7, 11) is 0. The van der Waals surface area contributed by atoms with Gasteiger partial charge in [0.25, 0.3) is 0 Å². The molecule has 86 valence electrons. The first-order chi connectivity index (χ1) is 6.82. The van der Waals surface area contributed by atoms with Crippen LogP contribution in [0.15, 0.2) is 0 Å². The first-order valence-corrected chi connectivity index (χ1v) is 5.15. The maximum absolute atomic E-state index is 11.6. The summed E-state index contributed by atoms with van der Waals surface area (Å²) >= 11 is 0. The van der Waals surface area contributed by atoms with E-state index in [1.807, 2.05) is 20.8 Å². The van der Waals surface area contributed by atoms with Crippen LogP contribution >= 0.6 is 0 Å². The molecule has 5 heteroatoms. The molecule has 0 radical (unpaired) electrons. The molecule has 1 rings (SSSR count). The highest BCUT2D eigenvalue weighted by molar-refractivity contribution is 5.89. The zero-order valence-electron chi connectivity index (χ0n) is 9.46. The van der Waals surface area contributed by atoms with Gasteiger partial charge in [0.1, 0.15) is 6.04 Å². The largest absolute Gasteiger partial charge is 0.368 e. The second-order valence-electron chi connectivity index (χ2n) is 5.01. The first kappa shape index (κ1) is 12.0. The third-order valence-corrected chi connectivity index (χ3v) is 2.58. The Bertz CT molecular complexity index is 266. The van der Waals surface area contributed by atoms with Crippen LogP contribution in [0.25, 0.3) is 0 Å². The van der Waals surface area contributed by atoms with E-state index in [1.165, 1.54) is 0 Å². The fourth-order valence-corrected chi connectivity index (χ4v) is 1.47. The number of hydrogen-bond acceptors (Lipinski definition) is 3. The zero-order valence-corrected chi connectivity index (χ0v) is 9.46. The van der Waals surface area contributed by atoms with Crippen molar-refractivity contribution in [2.75, 3.05) is 6.54 Å². The van der Waals surface area contributed by atoms with Crippen LogP contribution in [0, 0.1) is 5.41 Å². The molecule has 2 atom stereocenters. The van der Waals surface area contributed by atoms with E-state index in [2.05, 4.69) is 10.6 Å². The van der Waals surface area contributed by atoms with Gasteiger partial charge in [-0.1, -0.05) is 20.8 Å². The molecule has 0 aromatic heterocycles. The van der Waals surface area contributed by atoms with Crippen LogP contribution in [0.2, 0.25) is 0 Å². The first-order valence-electron chi connectivity index (χ1n) is 5.15. The molecule has 1 aliphatic heterocycles. The van der Waals surface area contributed by atoms with Crippen molar-refractivity contribution in [2.45, 2.75) is 39.3 Å². The fraction of sp³-hybridized carbons (Fsp3) is 0.800. The standard InChI is InChI=1S/C10H19N3O2/c1-10(2,3)7(8(11)14)13-9(15)6-4-5-12-6/h6-7,12H,4-5H2,1-3H3,(H2,11,14)(H,13,15)/t6-,7-/m1/s1. The number of rotatable bonds is 3. The lowest BCUT2D eigenvalue weighted by atomic mass is 9.86. The quantitative estimate of drug-likeness (QED) is 0.583. The van der Waals surface area contributed by atoms with Crippen molar-refractivity contribution >= 4 is 11.8 Å². The lowest BCUT2D eigenvalue weighted by Crippen LogP contribution is -2.59. The minimum atomic E-state index is -0.618. The number of primary amides is 1. The maximum atomic E-state index is 11.6. The van der Waals surface area contributed by atoms with Crippen molar-refractivity contribution in [3.8, 4) is 0 Å². The van der Waals surface area contributed by atoms with Gasteiger partial charge in [0, 0.05) is 0 Å². The minimum Gasteiger partial charge on any atom is -0.368 e. The van der Waals surface area contributed by atoms with Crippen molar-refractivity contribution in [3.05, 3.63) is 0 Å². The van der Waals surface area contributed by atoms with Gasteiger partial charge in [0.15, 0.2) is 0 Å². The third kappa shape index (κ3) is 2.92. The van der Waals surface area contributed by atoms with Crippen LogP contribution < -0.4 is 16.4 Å². The molecule has 0 unspecified atom stereocenters. The van der Waals surface area contributed by atoms with E-state index >= 15 is 0 Å². The van der Waals surface area contributed by atoms with Gasteiger partial charge in [-0.05, 0) is 18.4 Å². The van der Waals surface area contributed by atoms with Gasteiger partial charge in [0.2, 0.25) is 11.8 Å². The van der Waals surface area contributed by atoms with E-state index in [0.29, 0.717) is 0 Å². The number of carbonyl (C=O) groups is 2. The van der Waals surface area contributed by atoms with Gasteiger partial charge in [-0.25, -0.2) is 0 Å². The molecule has 0 spiro atoms. The van der Waals surface area contributed by atoms with Crippen molar-refractivity contribution in [1.82, 2.24) is 10.6 Å². The van der Waals surface area contributed by atoms with Gasteiger partial charge in [-0.2, -0.15) is 0 Å². The zero-order chi connectivity index (χ0) is 11.6. The van der Waals surface area contributed by atoms with Crippen LogP contribution in [-0.2, 0) is 9.59 Å². The Hall–Kier alpha value is -1.10. The second-order valence-corrected chi connectivity index (χ2v) is 5.01. The lowest BCUT2D eigenvalue weighted by molar-refractivity contribution is -0.131. The summed E-state index contributed by atoms with van der Waals surface area (Å²) in [5, 5.41) is 5.66. The molecule has 0 aromatic rings. The topological polar surface area (TPSA) is 84.2 Å². The highest BCUT2D eigenvalue weighted by Gasteiger charge is 2.34. The third-order valence-electron chi connectivity index (χ3n) is 2.58. The Morgan fingerprint density at radius 3 is 2.27 bits per heavy atom. The van der Waals surface area contributed by atoms with Gasteiger partial charge < -0.3 is 16.4 Å². The van der Waals surface area contributed by atoms with Crippen LogP contribution in [0.1, 0.15) is 27.2 Å².